The molecule has 2 heterocycles. The fourth-order valence-corrected chi connectivity index (χ4v) is 3.20. The Kier molecular flexibility index (Phi) is 5.94. The molecule has 4 rings (SSSR count). The molecular formula is C24H22N4O2. The molecule has 6 nitrogen and oxygen atoms in total. The molecule has 4 aromatic rings. The maximum absolute atomic E-state index is 12.1. The highest BCUT2D eigenvalue weighted by Crippen LogP contribution is 2.30. The zero-order chi connectivity index (χ0) is 20.8. The van der Waals surface area contributed by atoms with Gasteiger partial charge >= 0.3 is 0 Å². The lowest BCUT2D eigenvalue weighted by molar-refractivity contribution is -0.121. The lowest BCUT2D eigenvalue weighted by atomic mass is 10.0. The van der Waals surface area contributed by atoms with Crippen molar-refractivity contribution in [3.8, 4) is 22.6 Å². The Morgan fingerprint density at radius 1 is 1.03 bits per heavy atom. The maximum atomic E-state index is 12.1. The van der Waals surface area contributed by atoms with E-state index in [9.17, 15) is 4.79 Å². The third-order valence-corrected chi connectivity index (χ3v) is 4.81. The zero-order valence-corrected chi connectivity index (χ0v) is 16.7. The first-order chi connectivity index (χ1) is 14.7. The Morgan fingerprint density at radius 3 is 2.57 bits per heavy atom. The zero-order valence-electron chi connectivity index (χ0n) is 16.7. The van der Waals surface area contributed by atoms with E-state index in [0.717, 1.165) is 34.5 Å². The number of rotatable bonds is 7. The Bertz CT molecular complexity index is 1120. The number of nitrogens with zero attached hydrogens (tertiary/aromatic N) is 3. The first-order valence-corrected chi connectivity index (χ1v) is 9.82. The van der Waals surface area contributed by atoms with E-state index >= 15 is 0 Å². The van der Waals surface area contributed by atoms with Gasteiger partial charge in [0, 0.05) is 30.8 Å². The van der Waals surface area contributed by atoms with Crippen molar-refractivity contribution in [2.75, 3.05) is 0 Å². The number of hydrogen-bond acceptors (Lipinski definition) is 5. The number of carbonyl (C=O) groups is 1. The van der Waals surface area contributed by atoms with E-state index in [1.165, 1.54) is 11.9 Å². The van der Waals surface area contributed by atoms with Crippen LogP contribution in [0.4, 0.5) is 0 Å². The van der Waals surface area contributed by atoms with E-state index in [0.29, 0.717) is 18.7 Å². The van der Waals surface area contributed by atoms with Crippen LogP contribution in [0.3, 0.4) is 0 Å². The van der Waals surface area contributed by atoms with Gasteiger partial charge in [-0.05, 0) is 24.5 Å². The van der Waals surface area contributed by atoms with E-state index in [4.69, 9.17) is 4.52 Å². The standard InChI is InChI=1S/C24H22N4O2/c1-17-13-22(30-28-17)21-15-25-16-27-24(21)20-10-7-19(8-11-20)14-26-23(29)12-9-18-5-3-2-4-6-18/h2-8,10-11,13,15-16H,9,12,14H2,1H3,(H,26,29). The summed E-state index contributed by atoms with van der Waals surface area (Å²) < 4.78 is 5.38. The molecule has 0 saturated heterocycles. The van der Waals surface area contributed by atoms with Crippen molar-refractivity contribution in [2.45, 2.75) is 26.3 Å². The second kappa shape index (κ2) is 9.13. The molecule has 1 N–H and O–H groups in total. The summed E-state index contributed by atoms with van der Waals surface area (Å²) >= 11 is 0. The first kappa shape index (κ1) is 19.5. The maximum Gasteiger partial charge on any atom is 0.220 e. The Labute approximate surface area is 175 Å². The average molecular weight is 398 g/mol. The highest BCUT2D eigenvalue weighted by Gasteiger charge is 2.13. The molecular weight excluding hydrogens is 376 g/mol. The molecule has 0 aliphatic heterocycles. The molecule has 0 unspecified atom stereocenters. The minimum Gasteiger partial charge on any atom is -0.356 e. The Balaban J connectivity index is 1.38. The second-order valence-electron chi connectivity index (χ2n) is 7.08. The van der Waals surface area contributed by atoms with Crippen LogP contribution in [0.25, 0.3) is 22.6 Å². The topological polar surface area (TPSA) is 80.9 Å². The fourth-order valence-electron chi connectivity index (χ4n) is 3.20. The summed E-state index contributed by atoms with van der Waals surface area (Å²) in [5.41, 5.74) is 5.51. The van der Waals surface area contributed by atoms with E-state index in [-0.39, 0.29) is 5.91 Å². The van der Waals surface area contributed by atoms with Crippen LogP contribution in [-0.2, 0) is 17.8 Å². The summed E-state index contributed by atoms with van der Waals surface area (Å²) in [4.78, 5) is 20.7. The van der Waals surface area contributed by atoms with Crippen LogP contribution in [0.5, 0.6) is 0 Å². The van der Waals surface area contributed by atoms with Crippen LogP contribution in [0.2, 0.25) is 0 Å². The monoisotopic (exact) mass is 398 g/mol. The van der Waals surface area contributed by atoms with Gasteiger partial charge < -0.3 is 9.84 Å². The molecule has 0 spiro atoms. The van der Waals surface area contributed by atoms with Crippen molar-refractivity contribution in [3.63, 3.8) is 0 Å². The molecule has 6 heteroatoms. The highest BCUT2D eigenvalue weighted by molar-refractivity contribution is 5.78. The number of aryl methyl sites for hydroxylation is 2. The first-order valence-electron chi connectivity index (χ1n) is 9.82. The van der Waals surface area contributed by atoms with Gasteiger partial charge in [-0.15, -0.1) is 0 Å². The smallest absolute Gasteiger partial charge is 0.220 e. The molecule has 30 heavy (non-hydrogen) atoms. The number of hydrogen-bond donors (Lipinski definition) is 1. The minimum absolute atomic E-state index is 0.0432. The van der Waals surface area contributed by atoms with Crippen LogP contribution in [0, 0.1) is 6.92 Å². The lowest BCUT2D eigenvalue weighted by Crippen LogP contribution is -2.22. The molecule has 0 radical (unpaired) electrons. The molecule has 0 atom stereocenters. The summed E-state index contributed by atoms with van der Waals surface area (Å²) in [6.07, 6.45) is 4.46. The normalized spacial score (nSPS) is 10.7. The summed E-state index contributed by atoms with van der Waals surface area (Å²) in [5.74, 6) is 0.680. The van der Waals surface area contributed by atoms with Crippen LogP contribution in [-0.4, -0.2) is 21.0 Å². The predicted molar refractivity (Wildman–Crippen MR) is 114 cm³/mol. The van der Waals surface area contributed by atoms with E-state index in [2.05, 4.69) is 20.4 Å². The fraction of sp³-hybridized carbons (Fsp3) is 0.167. The van der Waals surface area contributed by atoms with E-state index in [1.54, 1.807) is 6.20 Å². The Hall–Kier alpha value is -3.80. The van der Waals surface area contributed by atoms with Crippen LogP contribution in [0.1, 0.15) is 23.2 Å². The summed E-state index contributed by atoms with van der Waals surface area (Å²) in [5, 5.41) is 6.93. The molecule has 2 aromatic heterocycles. The number of amides is 1. The van der Waals surface area contributed by atoms with Crippen molar-refractivity contribution in [1.82, 2.24) is 20.4 Å². The molecule has 2 aromatic carbocycles. The minimum atomic E-state index is 0.0432. The van der Waals surface area contributed by atoms with Crippen LogP contribution in [0.15, 0.2) is 77.7 Å². The van der Waals surface area contributed by atoms with E-state index in [1.807, 2.05) is 67.6 Å². The molecule has 0 aliphatic carbocycles. The van der Waals surface area contributed by atoms with Crippen LogP contribution < -0.4 is 5.32 Å². The van der Waals surface area contributed by atoms with Gasteiger partial charge in [0.05, 0.1) is 17.0 Å². The van der Waals surface area contributed by atoms with Gasteiger partial charge in [0.2, 0.25) is 5.91 Å². The van der Waals surface area contributed by atoms with Gasteiger partial charge in [-0.2, -0.15) is 0 Å². The molecule has 0 aliphatic rings. The SMILES string of the molecule is Cc1cc(-c2cncnc2-c2ccc(CNC(=O)CCc3ccccc3)cc2)on1. The van der Waals surface area contributed by atoms with Gasteiger partial charge in [-0.1, -0.05) is 59.8 Å². The summed E-state index contributed by atoms with van der Waals surface area (Å²) in [6.45, 7) is 2.37. The summed E-state index contributed by atoms with van der Waals surface area (Å²) in [7, 11) is 0. The predicted octanol–water partition coefficient (Wildman–Crippen LogP) is 4.36. The van der Waals surface area contributed by atoms with Gasteiger partial charge in [0.15, 0.2) is 5.76 Å². The van der Waals surface area contributed by atoms with Crippen molar-refractivity contribution in [3.05, 3.63) is 90.0 Å². The molecule has 0 fully saturated rings. The largest absolute Gasteiger partial charge is 0.356 e. The van der Waals surface area contributed by atoms with Gasteiger partial charge in [-0.25, -0.2) is 9.97 Å². The van der Waals surface area contributed by atoms with Crippen molar-refractivity contribution in [2.24, 2.45) is 0 Å². The average Bonchev–Trinajstić information content (AvgIpc) is 3.23. The third kappa shape index (κ3) is 4.78. The van der Waals surface area contributed by atoms with Gasteiger partial charge in [-0.3, -0.25) is 4.79 Å². The number of aromatic nitrogens is 3. The van der Waals surface area contributed by atoms with Crippen molar-refractivity contribution >= 4 is 5.91 Å². The van der Waals surface area contributed by atoms with Gasteiger partial charge in [0.25, 0.3) is 0 Å². The summed E-state index contributed by atoms with van der Waals surface area (Å²) in [6, 6.07) is 19.8. The van der Waals surface area contributed by atoms with Crippen LogP contribution >= 0.6 is 0 Å². The Morgan fingerprint density at radius 2 is 1.83 bits per heavy atom. The molecule has 1 amide bonds. The van der Waals surface area contributed by atoms with Crippen molar-refractivity contribution < 1.29 is 9.32 Å². The van der Waals surface area contributed by atoms with Gasteiger partial charge in [0.1, 0.15) is 6.33 Å². The number of carbonyl (C=O) groups excluding carboxylic acids is 1. The van der Waals surface area contributed by atoms with E-state index < -0.39 is 0 Å². The quantitative estimate of drug-likeness (QED) is 0.500. The third-order valence-electron chi connectivity index (χ3n) is 4.81. The molecule has 150 valence electrons. The molecule has 0 saturated carbocycles. The highest BCUT2D eigenvalue weighted by atomic mass is 16.5. The lowest BCUT2D eigenvalue weighted by Gasteiger charge is -2.08. The second-order valence-corrected chi connectivity index (χ2v) is 7.08. The molecule has 0 bridgehead atoms. The number of nitrogens with one attached hydrogen (secondary N) is 1. The number of benzene rings is 2. The van der Waals surface area contributed by atoms with Crippen molar-refractivity contribution in [1.29, 1.82) is 0 Å².